The van der Waals surface area contributed by atoms with Gasteiger partial charge in [-0.25, -0.2) is 0 Å². The second kappa shape index (κ2) is 3.25. The van der Waals surface area contributed by atoms with Crippen molar-refractivity contribution in [3.8, 4) is 0 Å². The standard InChI is InChI=1S/C13H10N2O2/c14-7-3-1-5-9-11(7)13(16)12-8(15)4-2-6-10(12)17-9/h1-6H,14-15H2. The molecule has 4 heteroatoms. The molecule has 0 radical (unpaired) electrons. The Morgan fingerprint density at radius 1 is 0.824 bits per heavy atom. The molecule has 0 spiro atoms. The smallest absolute Gasteiger partial charge is 0.204 e. The van der Waals surface area contributed by atoms with Crippen molar-refractivity contribution in [2.45, 2.75) is 0 Å². The predicted octanol–water partition coefficient (Wildman–Crippen LogP) is 2.11. The van der Waals surface area contributed by atoms with Gasteiger partial charge < -0.3 is 15.9 Å². The molecule has 17 heavy (non-hydrogen) atoms. The molecule has 0 aliphatic carbocycles. The van der Waals surface area contributed by atoms with Crippen LogP contribution in [0.15, 0.2) is 45.6 Å². The highest BCUT2D eigenvalue weighted by atomic mass is 16.3. The largest absolute Gasteiger partial charge is 0.456 e. The van der Waals surface area contributed by atoms with Crippen molar-refractivity contribution in [3.05, 3.63) is 46.6 Å². The van der Waals surface area contributed by atoms with Gasteiger partial charge in [-0.2, -0.15) is 0 Å². The third-order valence-corrected chi connectivity index (χ3v) is 2.79. The van der Waals surface area contributed by atoms with E-state index in [-0.39, 0.29) is 5.43 Å². The number of nitrogen functional groups attached to an aromatic ring is 2. The lowest BCUT2D eigenvalue weighted by atomic mass is 10.1. The summed E-state index contributed by atoms with van der Waals surface area (Å²) in [5.74, 6) is 0. The molecular weight excluding hydrogens is 216 g/mol. The summed E-state index contributed by atoms with van der Waals surface area (Å²) in [6.07, 6.45) is 0. The summed E-state index contributed by atoms with van der Waals surface area (Å²) in [6, 6.07) is 10.3. The first-order valence-electron chi connectivity index (χ1n) is 5.18. The first kappa shape index (κ1) is 9.72. The van der Waals surface area contributed by atoms with Gasteiger partial charge in [0.15, 0.2) is 0 Å². The highest BCUT2D eigenvalue weighted by molar-refractivity contribution is 6.00. The summed E-state index contributed by atoms with van der Waals surface area (Å²) in [4.78, 5) is 12.3. The SMILES string of the molecule is Nc1cccc2oc3cccc(N)c3c(=O)c12. The second-order valence-corrected chi connectivity index (χ2v) is 3.87. The summed E-state index contributed by atoms with van der Waals surface area (Å²) in [7, 11) is 0. The first-order chi connectivity index (χ1) is 8.18. The van der Waals surface area contributed by atoms with Gasteiger partial charge in [-0.15, -0.1) is 0 Å². The minimum absolute atomic E-state index is 0.183. The van der Waals surface area contributed by atoms with E-state index in [9.17, 15) is 4.79 Å². The molecule has 0 saturated carbocycles. The van der Waals surface area contributed by atoms with Gasteiger partial charge in [-0.05, 0) is 24.3 Å². The molecule has 3 rings (SSSR count). The van der Waals surface area contributed by atoms with Gasteiger partial charge >= 0.3 is 0 Å². The molecule has 3 aromatic rings. The van der Waals surface area contributed by atoms with Crippen LogP contribution < -0.4 is 16.9 Å². The van der Waals surface area contributed by atoms with Crippen LogP contribution in [0.5, 0.6) is 0 Å². The van der Waals surface area contributed by atoms with E-state index in [1.807, 2.05) is 0 Å². The Kier molecular flexibility index (Phi) is 1.86. The molecule has 0 aliphatic rings. The van der Waals surface area contributed by atoms with Crippen LogP contribution in [0.25, 0.3) is 21.9 Å². The van der Waals surface area contributed by atoms with Crippen molar-refractivity contribution in [3.63, 3.8) is 0 Å². The second-order valence-electron chi connectivity index (χ2n) is 3.87. The predicted molar refractivity (Wildman–Crippen MR) is 68.8 cm³/mol. The average Bonchev–Trinajstić information content (AvgIpc) is 2.28. The molecule has 1 heterocycles. The van der Waals surface area contributed by atoms with E-state index < -0.39 is 0 Å². The van der Waals surface area contributed by atoms with Crippen LogP contribution in [0.4, 0.5) is 11.4 Å². The molecular formula is C13H10N2O2. The number of hydrogen-bond donors (Lipinski definition) is 2. The van der Waals surface area contributed by atoms with Crippen molar-refractivity contribution in [2.24, 2.45) is 0 Å². The van der Waals surface area contributed by atoms with Gasteiger partial charge in [-0.3, -0.25) is 4.79 Å². The normalized spacial score (nSPS) is 11.1. The lowest BCUT2D eigenvalue weighted by Crippen LogP contribution is -2.07. The Morgan fingerprint density at radius 2 is 1.29 bits per heavy atom. The number of nitrogens with two attached hydrogens (primary N) is 2. The zero-order valence-corrected chi connectivity index (χ0v) is 8.94. The fourth-order valence-electron chi connectivity index (χ4n) is 2.00. The minimum atomic E-state index is -0.183. The lowest BCUT2D eigenvalue weighted by Gasteiger charge is -2.04. The zero-order chi connectivity index (χ0) is 12.0. The Balaban J connectivity index is 2.69. The molecule has 4 N–H and O–H groups in total. The van der Waals surface area contributed by atoms with Gasteiger partial charge in [0, 0.05) is 11.4 Å². The monoisotopic (exact) mass is 226 g/mol. The van der Waals surface area contributed by atoms with Gasteiger partial charge in [0.2, 0.25) is 5.43 Å². The van der Waals surface area contributed by atoms with Crippen molar-refractivity contribution >= 4 is 33.3 Å². The van der Waals surface area contributed by atoms with Crippen LogP contribution in [0.2, 0.25) is 0 Å². The molecule has 2 aromatic carbocycles. The van der Waals surface area contributed by atoms with Crippen molar-refractivity contribution in [2.75, 3.05) is 11.5 Å². The summed E-state index contributed by atoms with van der Waals surface area (Å²) >= 11 is 0. The molecule has 0 fully saturated rings. The van der Waals surface area contributed by atoms with E-state index in [0.29, 0.717) is 33.3 Å². The van der Waals surface area contributed by atoms with E-state index in [0.717, 1.165) is 0 Å². The van der Waals surface area contributed by atoms with Crippen LogP contribution in [-0.4, -0.2) is 0 Å². The number of fused-ring (bicyclic) bond motifs is 2. The summed E-state index contributed by atoms with van der Waals surface area (Å²) < 4.78 is 5.63. The lowest BCUT2D eigenvalue weighted by molar-refractivity contribution is 0.660. The minimum Gasteiger partial charge on any atom is -0.456 e. The van der Waals surface area contributed by atoms with E-state index in [1.165, 1.54) is 0 Å². The third-order valence-electron chi connectivity index (χ3n) is 2.79. The fourth-order valence-corrected chi connectivity index (χ4v) is 2.00. The maximum absolute atomic E-state index is 12.3. The van der Waals surface area contributed by atoms with Crippen molar-refractivity contribution < 1.29 is 4.42 Å². The Morgan fingerprint density at radius 3 is 1.76 bits per heavy atom. The zero-order valence-electron chi connectivity index (χ0n) is 8.94. The fraction of sp³-hybridized carbons (Fsp3) is 0. The van der Waals surface area contributed by atoms with Gasteiger partial charge in [-0.1, -0.05) is 12.1 Å². The van der Waals surface area contributed by atoms with E-state index >= 15 is 0 Å². The van der Waals surface area contributed by atoms with Crippen molar-refractivity contribution in [1.29, 1.82) is 0 Å². The molecule has 0 amide bonds. The number of hydrogen-bond acceptors (Lipinski definition) is 4. The molecule has 4 nitrogen and oxygen atoms in total. The molecule has 0 bridgehead atoms. The summed E-state index contributed by atoms with van der Waals surface area (Å²) in [5, 5.41) is 0.774. The van der Waals surface area contributed by atoms with Crippen LogP contribution in [0.3, 0.4) is 0 Å². The molecule has 84 valence electrons. The Labute approximate surface area is 96.4 Å². The molecule has 1 aromatic heterocycles. The molecule has 0 saturated heterocycles. The quantitative estimate of drug-likeness (QED) is 0.454. The topological polar surface area (TPSA) is 82.2 Å². The van der Waals surface area contributed by atoms with Crippen LogP contribution in [0.1, 0.15) is 0 Å². The Hall–Kier alpha value is -2.49. The highest BCUT2D eigenvalue weighted by Gasteiger charge is 2.11. The molecule has 0 unspecified atom stereocenters. The molecule has 0 aliphatic heterocycles. The van der Waals surface area contributed by atoms with Gasteiger partial charge in [0.25, 0.3) is 0 Å². The third kappa shape index (κ3) is 1.27. The van der Waals surface area contributed by atoms with Crippen molar-refractivity contribution in [1.82, 2.24) is 0 Å². The number of anilines is 2. The number of rotatable bonds is 0. The summed E-state index contributed by atoms with van der Waals surface area (Å²) in [5.41, 5.74) is 13.2. The van der Waals surface area contributed by atoms with Crippen LogP contribution in [-0.2, 0) is 0 Å². The Bertz CT molecular complexity index is 727. The average molecular weight is 226 g/mol. The van der Waals surface area contributed by atoms with Crippen LogP contribution >= 0.6 is 0 Å². The van der Waals surface area contributed by atoms with E-state index in [4.69, 9.17) is 15.9 Å². The first-order valence-corrected chi connectivity index (χ1v) is 5.18. The maximum Gasteiger partial charge on any atom is 0.204 e. The van der Waals surface area contributed by atoms with Gasteiger partial charge in [0.05, 0.1) is 10.8 Å². The van der Waals surface area contributed by atoms with E-state index in [2.05, 4.69) is 0 Å². The summed E-state index contributed by atoms with van der Waals surface area (Å²) in [6.45, 7) is 0. The highest BCUT2D eigenvalue weighted by Crippen LogP contribution is 2.25. The van der Waals surface area contributed by atoms with E-state index in [1.54, 1.807) is 36.4 Å². The molecule has 0 atom stereocenters. The van der Waals surface area contributed by atoms with Crippen LogP contribution in [0, 0.1) is 0 Å². The van der Waals surface area contributed by atoms with Gasteiger partial charge in [0.1, 0.15) is 11.2 Å². The number of benzene rings is 2. The maximum atomic E-state index is 12.3.